The van der Waals surface area contributed by atoms with E-state index in [2.05, 4.69) is 4.98 Å². The first kappa shape index (κ1) is 24.9. The fourth-order valence-corrected chi connectivity index (χ4v) is 6.89. The number of likely N-dealkylation sites (tertiary alicyclic amines) is 1. The van der Waals surface area contributed by atoms with Crippen LogP contribution in [0.25, 0.3) is 11.0 Å². The lowest BCUT2D eigenvalue weighted by Crippen LogP contribution is -2.41. The van der Waals surface area contributed by atoms with E-state index >= 15 is 4.39 Å². The Kier molecular flexibility index (Phi) is 6.67. The Bertz CT molecular complexity index is 1340. The SMILES string of the molecule is Cc1ccc(S(=O)(=O)n2c(I)cc3c(C4CCN(C(=O)OC(C)(C)C)CC4)c(F)cnc32)cc1. The van der Waals surface area contributed by atoms with Gasteiger partial charge in [-0.2, -0.15) is 0 Å². The summed E-state index contributed by atoms with van der Waals surface area (Å²) in [5, 5.41) is 0.482. The summed E-state index contributed by atoms with van der Waals surface area (Å²) in [4.78, 5) is 18.3. The van der Waals surface area contributed by atoms with Gasteiger partial charge in [-0.05, 0) is 87.2 Å². The van der Waals surface area contributed by atoms with Crippen molar-refractivity contribution in [1.82, 2.24) is 13.9 Å². The molecule has 182 valence electrons. The third-order valence-corrected chi connectivity index (χ3v) is 8.69. The van der Waals surface area contributed by atoms with Crippen LogP contribution in [0.1, 0.15) is 50.7 Å². The van der Waals surface area contributed by atoms with Crippen molar-refractivity contribution in [3.63, 3.8) is 0 Å². The van der Waals surface area contributed by atoms with Gasteiger partial charge in [0, 0.05) is 24.0 Å². The van der Waals surface area contributed by atoms with Crippen molar-refractivity contribution in [2.45, 2.75) is 57.0 Å². The molecule has 1 aliphatic heterocycles. The van der Waals surface area contributed by atoms with Crippen LogP contribution in [0.15, 0.2) is 41.4 Å². The second-order valence-corrected chi connectivity index (χ2v) is 12.4. The Balaban J connectivity index is 1.68. The molecule has 1 saturated heterocycles. The number of aryl methyl sites for hydroxylation is 1. The average Bonchev–Trinajstić information content (AvgIpc) is 3.09. The highest BCUT2D eigenvalue weighted by Crippen LogP contribution is 2.37. The molecule has 10 heteroatoms. The van der Waals surface area contributed by atoms with Gasteiger partial charge in [-0.3, -0.25) is 0 Å². The second kappa shape index (κ2) is 9.10. The first-order valence-corrected chi connectivity index (χ1v) is 13.6. The van der Waals surface area contributed by atoms with E-state index < -0.39 is 21.4 Å². The number of pyridine rings is 1. The molecule has 0 unspecified atom stereocenters. The molecule has 3 aromatic rings. The summed E-state index contributed by atoms with van der Waals surface area (Å²) in [6.45, 7) is 8.20. The minimum atomic E-state index is -3.91. The van der Waals surface area contributed by atoms with Crippen LogP contribution in [0.3, 0.4) is 0 Å². The number of ether oxygens (including phenoxy) is 1. The van der Waals surface area contributed by atoms with Crippen molar-refractivity contribution in [3.05, 3.63) is 57.2 Å². The topological polar surface area (TPSA) is 81.5 Å². The highest BCUT2D eigenvalue weighted by atomic mass is 127. The molecule has 34 heavy (non-hydrogen) atoms. The summed E-state index contributed by atoms with van der Waals surface area (Å²) in [6, 6.07) is 8.27. The minimum absolute atomic E-state index is 0.145. The minimum Gasteiger partial charge on any atom is -0.444 e. The maximum absolute atomic E-state index is 15.1. The number of carbonyl (C=O) groups is 1. The predicted octanol–water partition coefficient (Wildman–Crippen LogP) is 5.44. The average molecular weight is 599 g/mol. The van der Waals surface area contributed by atoms with Gasteiger partial charge in [0.2, 0.25) is 0 Å². The van der Waals surface area contributed by atoms with E-state index in [9.17, 15) is 13.2 Å². The molecule has 4 rings (SSSR count). The smallest absolute Gasteiger partial charge is 0.410 e. The maximum atomic E-state index is 15.1. The molecule has 3 heterocycles. The molecule has 1 fully saturated rings. The van der Waals surface area contributed by atoms with Crippen LogP contribution in [0.5, 0.6) is 0 Å². The summed E-state index contributed by atoms with van der Waals surface area (Å²) in [6.07, 6.45) is 1.80. The van der Waals surface area contributed by atoms with E-state index in [0.29, 0.717) is 40.6 Å². The van der Waals surface area contributed by atoms with Crippen LogP contribution in [-0.2, 0) is 14.8 Å². The fourth-order valence-electron chi connectivity index (χ4n) is 4.23. The zero-order valence-corrected chi connectivity index (χ0v) is 22.5. The van der Waals surface area contributed by atoms with Gasteiger partial charge >= 0.3 is 6.09 Å². The van der Waals surface area contributed by atoms with Gasteiger partial charge in [0.05, 0.1) is 14.8 Å². The zero-order chi connectivity index (χ0) is 24.8. The number of aromatic nitrogens is 2. The molecule has 0 spiro atoms. The van der Waals surface area contributed by atoms with Gasteiger partial charge in [-0.25, -0.2) is 26.6 Å². The number of carbonyl (C=O) groups excluding carboxylic acids is 1. The highest BCUT2D eigenvalue weighted by Gasteiger charge is 2.32. The van der Waals surface area contributed by atoms with Crippen LogP contribution in [-0.4, -0.2) is 47.1 Å². The van der Waals surface area contributed by atoms with Crippen molar-refractivity contribution < 1.29 is 22.3 Å². The molecule has 0 saturated carbocycles. The number of fused-ring (bicyclic) bond motifs is 1. The Hall–Kier alpha value is -2.21. The van der Waals surface area contributed by atoms with Crippen molar-refractivity contribution in [2.75, 3.05) is 13.1 Å². The first-order valence-electron chi connectivity index (χ1n) is 11.0. The second-order valence-electron chi connectivity index (χ2n) is 9.55. The number of rotatable bonds is 3. The Morgan fingerprint density at radius 2 is 1.79 bits per heavy atom. The van der Waals surface area contributed by atoms with Crippen LogP contribution in [0.4, 0.5) is 9.18 Å². The molecular weight excluding hydrogens is 572 g/mol. The van der Waals surface area contributed by atoms with Crippen LogP contribution >= 0.6 is 22.6 Å². The molecule has 7 nitrogen and oxygen atoms in total. The van der Waals surface area contributed by atoms with Gasteiger partial charge in [-0.15, -0.1) is 0 Å². The summed E-state index contributed by atoms with van der Waals surface area (Å²) < 4.78 is 48.9. The number of hydrogen-bond acceptors (Lipinski definition) is 5. The molecule has 0 aliphatic carbocycles. The number of hydrogen-bond donors (Lipinski definition) is 0. The Labute approximate surface area is 212 Å². The predicted molar refractivity (Wildman–Crippen MR) is 136 cm³/mol. The Morgan fingerprint density at radius 1 is 1.18 bits per heavy atom. The molecular formula is C24H27FIN3O4S. The van der Waals surface area contributed by atoms with E-state index in [1.165, 1.54) is 3.97 Å². The number of amides is 1. The molecule has 0 radical (unpaired) electrons. The lowest BCUT2D eigenvalue weighted by atomic mass is 9.88. The first-order chi connectivity index (χ1) is 15.9. The van der Waals surface area contributed by atoms with Gasteiger partial charge in [0.25, 0.3) is 10.0 Å². The quantitative estimate of drug-likeness (QED) is 0.375. The summed E-state index contributed by atoms with van der Waals surface area (Å²) in [7, 11) is -3.91. The van der Waals surface area contributed by atoms with E-state index in [-0.39, 0.29) is 22.6 Å². The summed E-state index contributed by atoms with van der Waals surface area (Å²) in [5.74, 6) is -0.637. The number of piperidine rings is 1. The third kappa shape index (κ3) is 4.79. The van der Waals surface area contributed by atoms with E-state index in [1.54, 1.807) is 35.2 Å². The number of benzene rings is 1. The van der Waals surface area contributed by atoms with Crippen LogP contribution < -0.4 is 0 Å². The Morgan fingerprint density at radius 3 is 2.38 bits per heavy atom. The monoisotopic (exact) mass is 599 g/mol. The standard InChI is InChI=1S/C24H27FIN3O4S/c1-15-5-7-17(8-6-15)34(31,32)29-20(26)13-18-21(19(25)14-27-22(18)29)16-9-11-28(12-10-16)23(30)33-24(2,3)4/h5-8,13-14,16H,9-12H2,1-4H3. The normalized spacial score (nSPS) is 15.6. The van der Waals surface area contributed by atoms with Crippen molar-refractivity contribution >= 4 is 49.7 Å². The van der Waals surface area contributed by atoms with Crippen LogP contribution in [0, 0.1) is 16.4 Å². The van der Waals surface area contributed by atoms with Gasteiger partial charge in [0.1, 0.15) is 11.4 Å². The molecule has 0 atom stereocenters. The molecule has 2 aromatic heterocycles. The lowest BCUT2D eigenvalue weighted by Gasteiger charge is -2.33. The number of nitrogens with zero attached hydrogens (tertiary/aromatic N) is 3. The van der Waals surface area contributed by atoms with Crippen molar-refractivity contribution in [3.8, 4) is 0 Å². The molecule has 0 bridgehead atoms. The van der Waals surface area contributed by atoms with Gasteiger partial charge in [-0.1, -0.05) is 17.7 Å². The lowest BCUT2D eigenvalue weighted by molar-refractivity contribution is 0.0204. The van der Waals surface area contributed by atoms with E-state index in [0.717, 1.165) is 11.8 Å². The molecule has 0 N–H and O–H groups in total. The zero-order valence-electron chi connectivity index (χ0n) is 19.5. The molecule has 1 amide bonds. The third-order valence-electron chi connectivity index (χ3n) is 5.85. The van der Waals surface area contributed by atoms with E-state index in [1.807, 2.05) is 50.3 Å². The largest absolute Gasteiger partial charge is 0.444 e. The number of halogens is 2. The van der Waals surface area contributed by atoms with Crippen LogP contribution in [0.2, 0.25) is 0 Å². The maximum Gasteiger partial charge on any atom is 0.410 e. The fraction of sp³-hybridized carbons (Fsp3) is 0.417. The summed E-state index contributed by atoms with van der Waals surface area (Å²) in [5.41, 5.74) is 1.02. The van der Waals surface area contributed by atoms with Crippen molar-refractivity contribution in [2.24, 2.45) is 0 Å². The highest BCUT2D eigenvalue weighted by molar-refractivity contribution is 14.1. The molecule has 1 aliphatic rings. The van der Waals surface area contributed by atoms with Crippen molar-refractivity contribution in [1.29, 1.82) is 0 Å². The van der Waals surface area contributed by atoms with Gasteiger partial charge < -0.3 is 9.64 Å². The molecule has 1 aromatic carbocycles. The van der Waals surface area contributed by atoms with E-state index in [4.69, 9.17) is 4.74 Å². The summed E-state index contributed by atoms with van der Waals surface area (Å²) >= 11 is 1.95. The van der Waals surface area contributed by atoms with Gasteiger partial charge in [0.15, 0.2) is 5.65 Å².